The fraction of sp³-hybridized carbons (Fsp3) is 0.684. The monoisotopic (exact) mass is 286 g/mol. The van der Waals surface area contributed by atoms with Gasteiger partial charge < -0.3 is 10.2 Å². The Labute approximate surface area is 129 Å². The molecule has 0 aromatic heterocycles. The first-order valence-corrected chi connectivity index (χ1v) is 8.84. The second-order valence-corrected chi connectivity index (χ2v) is 7.08. The molecule has 1 saturated heterocycles. The molecule has 0 radical (unpaired) electrons. The predicted molar refractivity (Wildman–Crippen MR) is 89.7 cm³/mol. The van der Waals surface area contributed by atoms with Crippen molar-refractivity contribution in [3.05, 3.63) is 35.4 Å². The molecule has 2 unspecified atom stereocenters. The van der Waals surface area contributed by atoms with Crippen LogP contribution < -0.4 is 5.32 Å². The molecule has 1 aliphatic carbocycles. The van der Waals surface area contributed by atoms with E-state index in [1.807, 2.05) is 0 Å². The van der Waals surface area contributed by atoms with E-state index >= 15 is 0 Å². The third-order valence-corrected chi connectivity index (χ3v) is 5.12. The van der Waals surface area contributed by atoms with Crippen LogP contribution in [-0.4, -0.2) is 37.1 Å². The Morgan fingerprint density at radius 1 is 1.14 bits per heavy atom. The van der Waals surface area contributed by atoms with Gasteiger partial charge in [0.05, 0.1) is 0 Å². The quantitative estimate of drug-likeness (QED) is 0.894. The Bertz CT molecular complexity index is 437. The van der Waals surface area contributed by atoms with Crippen LogP contribution in [0.25, 0.3) is 0 Å². The minimum absolute atomic E-state index is 0.684. The maximum atomic E-state index is 3.83. The van der Waals surface area contributed by atoms with Gasteiger partial charge in [-0.3, -0.25) is 0 Å². The highest BCUT2D eigenvalue weighted by atomic mass is 15.1. The predicted octanol–water partition coefficient (Wildman–Crippen LogP) is 3.26. The van der Waals surface area contributed by atoms with Crippen LogP contribution in [0.3, 0.4) is 0 Å². The van der Waals surface area contributed by atoms with Crippen LogP contribution >= 0.6 is 0 Å². The lowest BCUT2D eigenvalue weighted by Gasteiger charge is -2.31. The van der Waals surface area contributed by atoms with Crippen LogP contribution in [0.4, 0.5) is 0 Å². The summed E-state index contributed by atoms with van der Waals surface area (Å²) in [6.07, 6.45) is 8.00. The smallest absolute Gasteiger partial charge is 0.0111 e. The maximum Gasteiger partial charge on any atom is 0.0111 e. The molecule has 2 aliphatic rings. The van der Waals surface area contributed by atoms with E-state index < -0.39 is 0 Å². The van der Waals surface area contributed by atoms with Crippen LogP contribution in [0.5, 0.6) is 0 Å². The van der Waals surface area contributed by atoms with Crippen molar-refractivity contribution in [1.82, 2.24) is 10.2 Å². The number of piperidine rings is 1. The standard InChI is InChI=1S/C19H30N2/c1-16(15-21-11-5-2-6-12-21)14-20-19-10-9-17-7-3-4-8-18(17)13-19/h3-4,7-8,16,19-20H,2,5-6,9-15H2,1H3. The zero-order valence-corrected chi connectivity index (χ0v) is 13.5. The van der Waals surface area contributed by atoms with Gasteiger partial charge in [-0.25, -0.2) is 0 Å². The van der Waals surface area contributed by atoms with Gasteiger partial charge in [0.25, 0.3) is 0 Å². The molecule has 116 valence electrons. The average Bonchev–Trinajstić information content (AvgIpc) is 2.54. The van der Waals surface area contributed by atoms with Gasteiger partial charge >= 0.3 is 0 Å². The molecule has 2 atom stereocenters. The lowest BCUT2D eigenvalue weighted by molar-refractivity contribution is 0.196. The molecule has 21 heavy (non-hydrogen) atoms. The first kappa shape index (κ1) is 15.1. The minimum Gasteiger partial charge on any atom is -0.313 e. The Hall–Kier alpha value is -0.860. The summed E-state index contributed by atoms with van der Waals surface area (Å²) in [5.74, 6) is 0.764. The van der Waals surface area contributed by atoms with Crippen LogP contribution in [-0.2, 0) is 12.8 Å². The molecule has 1 N–H and O–H groups in total. The summed E-state index contributed by atoms with van der Waals surface area (Å²) in [7, 11) is 0. The third kappa shape index (κ3) is 4.31. The van der Waals surface area contributed by atoms with Gasteiger partial charge in [0.15, 0.2) is 0 Å². The summed E-state index contributed by atoms with van der Waals surface area (Å²) in [6, 6.07) is 9.64. The van der Waals surface area contributed by atoms with Crippen LogP contribution in [0.2, 0.25) is 0 Å². The number of aryl methyl sites for hydroxylation is 1. The SMILES string of the molecule is CC(CNC1CCc2ccccc2C1)CN1CCCCC1. The zero-order valence-electron chi connectivity index (χ0n) is 13.5. The van der Waals surface area contributed by atoms with E-state index in [0.29, 0.717) is 6.04 Å². The third-order valence-electron chi connectivity index (χ3n) is 5.12. The van der Waals surface area contributed by atoms with E-state index in [1.165, 1.54) is 64.7 Å². The fourth-order valence-corrected chi connectivity index (χ4v) is 3.89. The van der Waals surface area contributed by atoms with Gasteiger partial charge in [0, 0.05) is 12.6 Å². The number of benzene rings is 1. The molecular formula is C19H30N2. The molecule has 0 bridgehead atoms. The van der Waals surface area contributed by atoms with Crippen LogP contribution in [0.15, 0.2) is 24.3 Å². The summed E-state index contributed by atoms with van der Waals surface area (Å²) >= 11 is 0. The lowest BCUT2D eigenvalue weighted by atomic mass is 9.88. The van der Waals surface area contributed by atoms with E-state index in [9.17, 15) is 0 Å². The number of nitrogens with one attached hydrogen (secondary N) is 1. The van der Waals surface area contributed by atoms with Gasteiger partial charge in [-0.05, 0) is 68.8 Å². The van der Waals surface area contributed by atoms with E-state index in [1.54, 1.807) is 11.1 Å². The Morgan fingerprint density at radius 3 is 2.71 bits per heavy atom. The molecule has 2 nitrogen and oxygen atoms in total. The zero-order chi connectivity index (χ0) is 14.5. The second-order valence-electron chi connectivity index (χ2n) is 7.08. The molecule has 2 heteroatoms. The van der Waals surface area contributed by atoms with Gasteiger partial charge in [0.1, 0.15) is 0 Å². The maximum absolute atomic E-state index is 3.83. The summed E-state index contributed by atoms with van der Waals surface area (Å²) in [4.78, 5) is 2.66. The molecule has 1 heterocycles. The topological polar surface area (TPSA) is 15.3 Å². The second kappa shape index (κ2) is 7.42. The number of hydrogen-bond donors (Lipinski definition) is 1. The number of hydrogen-bond acceptors (Lipinski definition) is 2. The number of rotatable bonds is 5. The highest BCUT2D eigenvalue weighted by Crippen LogP contribution is 2.21. The van der Waals surface area contributed by atoms with Crippen molar-refractivity contribution in [2.75, 3.05) is 26.2 Å². The highest BCUT2D eigenvalue weighted by Gasteiger charge is 2.19. The molecule has 3 rings (SSSR count). The summed E-state index contributed by atoms with van der Waals surface area (Å²) in [5.41, 5.74) is 3.13. The van der Waals surface area contributed by atoms with Crippen molar-refractivity contribution < 1.29 is 0 Å². The van der Waals surface area contributed by atoms with Crippen molar-refractivity contribution in [2.45, 2.75) is 51.5 Å². The molecule has 1 fully saturated rings. The first-order chi connectivity index (χ1) is 10.3. The average molecular weight is 286 g/mol. The van der Waals surface area contributed by atoms with Crippen molar-refractivity contribution in [3.63, 3.8) is 0 Å². The van der Waals surface area contributed by atoms with Gasteiger partial charge in [-0.15, -0.1) is 0 Å². The van der Waals surface area contributed by atoms with Crippen molar-refractivity contribution in [2.24, 2.45) is 5.92 Å². The van der Waals surface area contributed by atoms with E-state index in [4.69, 9.17) is 0 Å². The fourth-order valence-electron chi connectivity index (χ4n) is 3.89. The van der Waals surface area contributed by atoms with Gasteiger partial charge in [-0.2, -0.15) is 0 Å². The molecule has 1 aromatic carbocycles. The number of likely N-dealkylation sites (tertiary alicyclic amines) is 1. The molecule has 1 aliphatic heterocycles. The van der Waals surface area contributed by atoms with Gasteiger partial charge in [0.2, 0.25) is 0 Å². The van der Waals surface area contributed by atoms with E-state index in [0.717, 1.165) is 5.92 Å². The number of fused-ring (bicyclic) bond motifs is 1. The highest BCUT2D eigenvalue weighted by molar-refractivity contribution is 5.30. The molecule has 1 aromatic rings. The summed E-state index contributed by atoms with van der Waals surface area (Å²) in [5, 5.41) is 3.83. The van der Waals surface area contributed by atoms with Crippen molar-refractivity contribution in [3.8, 4) is 0 Å². The molecule has 0 saturated carbocycles. The lowest BCUT2D eigenvalue weighted by Crippen LogP contribution is -2.41. The van der Waals surface area contributed by atoms with Gasteiger partial charge in [-0.1, -0.05) is 37.6 Å². The largest absolute Gasteiger partial charge is 0.313 e. The first-order valence-electron chi connectivity index (χ1n) is 8.84. The van der Waals surface area contributed by atoms with Crippen LogP contribution in [0, 0.1) is 5.92 Å². The van der Waals surface area contributed by atoms with E-state index in [2.05, 4.69) is 41.4 Å². The van der Waals surface area contributed by atoms with E-state index in [-0.39, 0.29) is 0 Å². The molecule has 0 amide bonds. The number of nitrogens with zero attached hydrogens (tertiary/aromatic N) is 1. The summed E-state index contributed by atoms with van der Waals surface area (Å²) < 4.78 is 0. The van der Waals surface area contributed by atoms with Crippen molar-refractivity contribution in [1.29, 1.82) is 0 Å². The normalized spacial score (nSPS) is 24.5. The molecular weight excluding hydrogens is 256 g/mol. The van der Waals surface area contributed by atoms with Crippen molar-refractivity contribution >= 4 is 0 Å². The van der Waals surface area contributed by atoms with Crippen LogP contribution in [0.1, 0.15) is 43.7 Å². The Morgan fingerprint density at radius 2 is 1.90 bits per heavy atom. The Balaban J connectivity index is 1.41. The molecule has 0 spiro atoms. The Kier molecular flexibility index (Phi) is 5.32. The minimum atomic E-state index is 0.684. The summed E-state index contributed by atoms with van der Waals surface area (Å²) in [6.45, 7) is 7.49.